The van der Waals surface area contributed by atoms with Gasteiger partial charge < -0.3 is 35.2 Å². The molecule has 0 aromatic heterocycles. The van der Waals surface area contributed by atoms with Crippen molar-refractivity contribution in [2.75, 3.05) is 19.8 Å². The van der Waals surface area contributed by atoms with E-state index in [0.717, 1.165) is 31.1 Å². The van der Waals surface area contributed by atoms with Crippen molar-refractivity contribution < 1.29 is 28.5 Å². The molecule has 0 aliphatic heterocycles. The molecule has 0 aliphatic carbocycles. The molecule has 0 aliphatic rings. The van der Waals surface area contributed by atoms with Crippen LogP contribution < -0.4 is 25.7 Å². The van der Waals surface area contributed by atoms with Crippen molar-refractivity contribution in [1.29, 1.82) is 0 Å². The van der Waals surface area contributed by atoms with E-state index in [1.54, 1.807) is 0 Å². The third-order valence-corrected chi connectivity index (χ3v) is 16.1. The first-order chi connectivity index (χ1) is 38.6. The lowest BCUT2D eigenvalue weighted by atomic mass is 10.0. The van der Waals surface area contributed by atoms with Crippen LogP contribution in [0.1, 0.15) is 362 Å². The van der Waals surface area contributed by atoms with Crippen LogP contribution in [0.2, 0.25) is 0 Å². The summed E-state index contributed by atoms with van der Waals surface area (Å²) < 4.78 is 25.5. The number of carbonyl (C=O) groups excluding carboxylic acids is 2. The van der Waals surface area contributed by atoms with Gasteiger partial charge in [0.1, 0.15) is 18.9 Å². The number of ether oxygens (including phenoxy) is 4. The largest absolute Gasteiger partial charge is 0.490 e. The van der Waals surface area contributed by atoms with Gasteiger partial charge in [0.15, 0.2) is 11.5 Å². The Morgan fingerprint density at radius 2 is 0.620 bits per heavy atom. The third kappa shape index (κ3) is 51.1. The fourth-order valence-corrected chi connectivity index (χ4v) is 10.2. The highest BCUT2D eigenvalue weighted by Crippen LogP contribution is 2.40. The van der Waals surface area contributed by atoms with E-state index in [0.29, 0.717) is 37.1 Å². The molecule has 0 spiro atoms. The second-order valence-corrected chi connectivity index (χ2v) is 24.7. The van der Waals surface area contributed by atoms with E-state index in [9.17, 15) is 9.59 Å². The highest BCUT2D eigenvalue weighted by molar-refractivity contribution is 5.75. The summed E-state index contributed by atoms with van der Waals surface area (Å²) in [5.74, 6) is 2.03. The summed E-state index contributed by atoms with van der Waals surface area (Å²) in [6.45, 7) is 16.7. The Morgan fingerprint density at radius 1 is 0.380 bits per heavy atom. The normalized spacial score (nSPS) is 12.2. The van der Waals surface area contributed by atoms with Gasteiger partial charge in [-0.2, -0.15) is 0 Å². The van der Waals surface area contributed by atoms with E-state index in [-0.39, 0.29) is 30.5 Å². The Balaban J connectivity index is 0.00000809. The van der Waals surface area contributed by atoms with Gasteiger partial charge in [-0.15, -0.1) is 0 Å². The predicted octanol–water partition coefficient (Wildman–Crippen LogP) is 21.8. The van der Waals surface area contributed by atoms with E-state index in [4.69, 9.17) is 30.4 Å². The molecule has 1 aromatic carbocycles. The lowest BCUT2D eigenvalue weighted by Gasteiger charge is -2.20. The molecule has 0 fully saturated rings. The number of nitrogens with two attached hydrogens (primary N) is 2. The molecule has 0 amide bonds. The monoisotopic (exact) mass is 1110 g/mol. The number of hydrogen-bond donors (Lipinski definition) is 2. The first-order valence-electron chi connectivity index (χ1n) is 34.8. The number of benzene rings is 1. The smallest absolute Gasteiger partial charge is 0.323 e. The van der Waals surface area contributed by atoms with Crippen molar-refractivity contribution in [2.24, 2.45) is 23.3 Å². The molecule has 1 unspecified atom stereocenters. The van der Waals surface area contributed by atoms with E-state index >= 15 is 0 Å². The summed E-state index contributed by atoms with van der Waals surface area (Å²) in [5.41, 5.74) is 12.3. The van der Waals surface area contributed by atoms with Gasteiger partial charge >= 0.3 is 5.97 Å². The van der Waals surface area contributed by atoms with Crippen LogP contribution in [0.4, 0.5) is 0 Å². The lowest BCUT2D eigenvalue weighted by molar-refractivity contribution is -0.147. The maximum Gasteiger partial charge on any atom is 0.323 e. The van der Waals surface area contributed by atoms with E-state index in [2.05, 4.69) is 20.8 Å². The van der Waals surface area contributed by atoms with Crippen molar-refractivity contribution in [3.05, 3.63) is 17.7 Å². The zero-order chi connectivity index (χ0) is 57.9. The Morgan fingerprint density at radius 3 is 0.835 bits per heavy atom. The van der Waals surface area contributed by atoms with Gasteiger partial charge in [-0.25, -0.2) is 0 Å². The van der Waals surface area contributed by atoms with Crippen LogP contribution in [0.3, 0.4) is 0 Å². The molecule has 1 rings (SSSR count). The predicted molar refractivity (Wildman–Crippen MR) is 343 cm³/mol. The third-order valence-electron chi connectivity index (χ3n) is 16.1. The number of rotatable bonds is 60. The molecule has 0 bridgehead atoms. The molecule has 1 aromatic rings. The molecular weight excluding hydrogens is 977 g/mol. The summed E-state index contributed by atoms with van der Waals surface area (Å²) in [6, 6.07) is 3.08. The minimum Gasteiger partial charge on any atom is -0.490 e. The number of carbonyl (C=O) groups is 2. The molecule has 8 heteroatoms. The second-order valence-electron chi connectivity index (χ2n) is 24.7. The van der Waals surface area contributed by atoms with Crippen molar-refractivity contribution in [2.45, 2.75) is 375 Å². The first kappa shape index (κ1) is 76.7. The van der Waals surface area contributed by atoms with Gasteiger partial charge in [0.05, 0.1) is 25.9 Å². The zero-order valence-electron chi connectivity index (χ0n) is 53.9. The SMILES string of the molecule is CC(C)[C@@H](N)C=O.CCCCCCCCCCCCCCCCCCOc1cc(COC(=O)C(N)C(C)C)cc(OCCCCCCCCCCCCCCCCCC)c1OCCCCCCCCCCCCCCCCCC. The Kier molecular flexibility index (Phi) is 58.5. The summed E-state index contributed by atoms with van der Waals surface area (Å²) in [4.78, 5) is 22.7. The van der Waals surface area contributed by atoms with Gasteiger partial charge in [0.2, 0.25) is 5.75 Å². The Hall–Kier alpha value is -2.32. The number of unbranched alkanes of at least 4 members (excludes halogenated alkanes) is 45. The van der Waals surface area contributed by atoms with Gasteiger partial charge in [-0.05, 0) is 48.8 Å². The van der Waals surface area contributed by atoms with Crippen LogP contribution in [-0.4, -0.2) is 44.2 Å². The molecule has 0 heterocycles. The minimum absolute atomic E-state index is 0.00929. The molecule has 8 nitrogen and oxygen atoms in total. The molecule has 4 N–H and O–H groups in total. The van der Waals surface area contributed by atoms with Crippen molar-refractivity contribution in [1.82, 2.24) is 0 Å². The molecule has 79 heavy (non-hydrogen) atoms. The fourth-order valence-electron chi connectivity index (χ4n) is 10.2. The molecule has 0 saturated carbocycles. The number of esters is 1. The average Bonchev–Trinajstić information content (AvgIpc) is 3.45. The quantitative estimate of drug-likeness (QED) is 0.0376. The topological polar surface area (TPSA) is 123 Å². The highest BCUT2D eigenvalue weighted by atomic mass is 16.5. The van der Waals surface area contributed by atoms with Gasteiger partial charge in [0, 0.05) is 0 Å². The van der Waals surface area contributed by atoms with Crippen LogP contribution in [0, 0.1) is 11.8 Å². The lowest BCUT2D eigenvalue weighted by Crippen LogP contribution is -2.36. The number of hydrogen-bond acceptors (Lipinski definition) is 8. The van der Waals surface area contributed by atoms with Crippen LogP contribution in [0.15, 0.2) is 12.1 Å². The highest BCUT2D eigenvalue weighted by Gasteiger charge is 2.21. The maximum absolute atomic E-state index is 12.8. The van der Waals surface area contributed by atoms with Gasteiger partial charge in [-0.3, -0.25) is 4.79 Å². The summed E-state index contributed by atoms with van der Waals surface area (Å²) in [5, 5.41) is 0. The second kappa shape index (κ2) is 60.3. The van der Waals surface area contributed by atoms with Crippen LogP contribution in [0.25, 0.3) is 0 Å². The molecule has 2 atom stereocenters. The minimum atomic E-state index is -0.649. The standard InChI is InChI=1S/C66H125NO5.C5H11NO/c1-6-9-12-15-18-21-24-27-30-33-36-39-42-45-48-51-54-69-62-57-61(59-72-66(68)64(67)60(4)5)58-63(70-55-52-49-46-43-40-37-34-31-28-25-22-19-16-13-10-7-2)65(62)71-56-53-50-47-44-41-38-35-32-29-26-23-20-17-14-11-8-3;1-4(2)5(6)3-7/h57-58,60,64H,6-56,59,67H2,1-5H3;3-5H,6H2,1-2H3/t;5-/m.0/s1. The van der Waals surface area contributed by atoms with Crippen molar-refractivity contribution in [3.8, 4) is 17.2 Å². The van der Waals surface area contributed by atoms with Gasteiger partial charge in [-0.1, -0.05) is 337 Å². The fraction of sp³-hybridized carbons (Fsp3) is 0.887. The van der Waals surface area contributed by atoms with Crippen LogP contribution in [-0.2, 0) is 20.9 Å². The Labute approximate surface area is 492 Å². The molecular formula is C71H136N2O6. The van der Waals surface area contributed by atoms with E-state index in [1.165, 1.54) is 289 Å². The summed E-state index contributed by atoms with van der Waals surface area (Å²) >= 11 is 0. The van der Waals surface area contributed by atoms with E-state index < -0.39 is 6.04 Å². The Bertz CT molecular complexity index is 1360. The molecule has 0 saturated heterocycles. The maximum atomic E-state index is 12.8. The van der Waals surface area contributed by atoms with Crippen molar-refractivity contribution >= 4 is 12.3 Å². The summed E-state index contributed by atoms with van der Waals surface area (Å²) in [7, 11) is 0. The zero-order valence-corrected chi connectivity index (χ0v) is 53.9. The number of aldehydes is 1. The molecule has 0 radical (unpaired) electrons. The average molecular weight is 1110 g/mol. The molecule has 466 valence electrons. The van der Waals surface area contributed by atoms with Crippen molar-refractivity contribution in [3.63, 3.8) is 0 Å². The van der Waals surface area contributed by atoms with Crippen LogP contribution >= 0.6 is 0 Å². The van der Waals surface area contributed by atoms with Crippen LogP contribution in [0.5, 0.6) is 17.2 Å². The van der Waals surface area contributed by atoms with Gasteiger partial charge in [0.25, 0.3) is 0 Å². The van der Waals surface area contributed by atoms with E-state index in [1.807, 2.05) is 39.8 Å². The summed E-state index contributed by atoms with van der Waals surface area (Å²) in [6.07, 6.45) is 65.4. The first-order valence-corrected chi connectivity index (χ1v) is 34.8.